The van der Waals surface area contributed by atoms with Crippen molar-refractivity contribution in [1.29, 1.82) is 0 Å². The van der Waals surface area contributed by atoms with Crippen LogP contribution in [0.15, 0.2) is 48.4 Å². The van der Waals surface area contributed by atoms with Gasteiger partial charge >= 0.3 is 0 Å². The Kier molecular flexibility index (Phi) is 3.32. The van der Waals surface area contributed by atoms with Gasteiger partial charge in [-0.15, -0.1) is 0 Å². The second-order valence-electron chi connectivity index (χ2n) is 5.67. The van der Waals surface area contributed by atoms with Crippen molar-refractivity contribution in [2.45, 2.75) is 0 Å². The predicted molar refractivity (Wildman–Crippen MR) is 92.7 cm³/mol. The van der Waals surface area contributed by atoms with Gasteiger partial charge in [0, 0.05) is 28.2 Å². The zero-order valence-electron chi connectivity index (χ0n) is 13.3. The lowest BCUT2D eigenvalue weighted by atomic mass is 10.1. The molecule has 3 aromatic rings. The lowest BCUT2D eigenvalue weighted by Gasteiger charge is -2.01. The third-order valence-corrected chi connectivity index (χ3v) is 4.16. The van der Waals surface area contributed by atoms with Crippen LogP contribution in [0.4, 0.5) is 0 Å². The average molecular weight is 334 g/mol. The van der Waals surface area contributed by atoms with Crippen LogP contribution in [0.5, 0.6) is 11.5 Å². The van der Waals surface area contributed by atoms with Crippen LogP contribution in [0.2, 0.25) is 0 Å². The van der Waals surface area contributed by atoms with Crippen molar-refractivity contribution < 1.29 is 19.1 Å². The van der Waals surface area contributed by atoms with Gasteiger partial charge in [-0.2, -0.15) is 0 Å². The number of hydrogen-bond donors (Lipinski definition) is 2. The molecule has 4 rings (SSSR count). The SMILES string of the molecule is COc1ccc2[nH]cc(/C=C3/Oc4cc(C(N)=O)ccc4C3=O)c2c1. The molecule has 0 unspecified atom stereocenters. The highest BCUT2D eigenvalue weighted by Crippen LogP contribution is 2.34. The smallest absolute Gasteiger partial charge is 0.248 e. The minimum Gasteiger partial charge on any atom is -0.497 e. The molecule has 0 aliphatic carbocycles. The lowest BCUT2D eigenvalue weighted by Crippen LogP contribution is -2.10. The van der Waals surface area contributed by atoms with Gasteiger partial charge in [0.25, 0.3) is 0 Å². The van der Waals surface area contributed by atoms with Gasteiger partial charge in [-0.05, 0) is 42.5 Å². The summed E-state index contributed by atoms with van der Waals surface area (Å²) in [5.41, 5.74) is 7.70. The van der Waals surface area contributed by atoms with Gasteiger partial charge in [-0.3, -0.25) is 9.59 Å². The number of Topliss-reactive ketones (excluding diaryl/α,β-unsaturated/α-hetero) is 1. The molecular formula is C19H14N2O4. The van der Waals surface area contributed by atoms with E-state index in [0.29, 0.717) is 16.9 Å². The Balaban J connectivity index is 1.75. The van der Waals surface area contributed by atoms with Crippen molar-refractivity contribution in [3.8, 4) is 11.5 Å². The van der Waals surface area contributed by atoms with E-state index in [-0.39, 0.29) is 11.5 Å². The number of ketones is 1. The number of ether oxygens (including phenoxy) is 2. The Morgan fingerprint density at radius 1 is 1.24 bits per heavy atom. The van der Waals surface area contributed by atoms with E-state index in [1.807, 2.05) is 18.2 Å². The summed E-state index contributed by atoms with van der Waals surface area (Å²) in [6.07, 6.45) is 3.47. The summed E-state index contributed by atoms with van der Waals surface area (Å²) in [4.78, 5) is 26.9. The third-order valence-electron chi connectivity index (χ3n) is 4.16. The second-order valence-corrected chi connectivity index (χ2v) is 5.67. The Morgan fingerprint density at radius 2 is 2.08 bits per heavy atom. The number of amides is 1. The zero-order chi connectivity index (χ0) is 17.6. The van der Waals surface area contributed by atoms with Gasteiger partial charge in [0.1, 0.15) is 11.5 Å². The molecule has 0 saturated heterocycles. The molecule has 1 aromatic heterocycles. The number of fused-ring (bicyclic) bond motifs is 2. The predicted octanol–water partition coefficient (Wildman–Crippen LogP) is 2.89. The normalized spacial score (nSPS) is 14.6. The van der Waals surface area contributed by atoms with Crippen molar-refractivity contribution >= 4 is 28.7 Å². The number of rotatable bonds is 3. The highest BCUT2D eigenvalue weighted by atomic mass is 16.5. The van der Waals surface area contributed by atoms with E-state index >= 15 is 0 Å². The number of carbonyl (C=O) groups excluding carboxylic acids is 2. The maximum Gasteiger partial charge on any atom is 0.248 e. The first-order valence-electron chi connectivity index (χ1n) is 7.60. The fraction of sp³-hybridized carbons (Fsp3) is 0.0526. The minimum absolute atomic E-state index is 0.195. The summed E-state index contributed by atoms with van der Waals surface area (Å²) in [6.45, 7) is 0. The van der Waals surface area contributed by atoms with Crippen LogP contribution in [0.25, 0.3) is 17.0 Å². The number of primary amides is 1. The van der Waals surface area contributed by atoms with Crippen molar-refractivity contribution in [3.63, 3.8) is 0 Å². The molecule has 0 fully saturated rings. The second kappa shape index (κ2) is 5.52. The standard InChI is InChI=1S/C19H14N2O4/c1-24-12-3-5-15-14(8-12)11(9-21-15)7-17-18(22)13-4-2-10(19(20)23)6-16(13)25-17/h2-9,21H,1H3,(H2,20,23)/b17-7+. The monoisotopic (exact) mass is 334 g/mol. The van der Waals surface area contributed by atoms with E-state index in [4.69, 9.17) is 15.2 Å². The van der Waals surface area contributed by atoms with Crippen molar-refractivity contribution in [3.05, 3.63) is 65.0 Å². The molecule has 1 amide bonds. The van der Waals surface area contributed by atoms with E-state index < -0.39 is 5.91 Å². The molecule has 6 nitrogen and oxygen atoms in total. The number of aromatic amines is 1. The summed E-state index contributed by atoms with van der Waals surface area (Å²) in [6, 6.07) is 10.2. The van der Waals surface area contributed by atoms with Crippen molar-refractivity contribution in [1.82, 2.24) is 4.98 Å². The zero-order valence-corrected chi connectivity index (χ0v) is 13.3. The molecular weight excluding hydrogens is 320 g/mol. The Bertz CT molecular complexity index is 1060. The number of hydrogen-bond acceptors (Lipinski definition) is 4. The van der Waals surface area contributed by atoms with Crippen LogP contribution in [-0.4, -0.2) is 23.8 Å². The van der Waals surface area contributed by atoms with Gasteiger partial charge in [0.15, 0.2) is 5.76 Å². The summed E-state index contributed by atoms with van der Waals surface area (Å²) in [5, 5.41) is 0.914. The highest BCUT2D eigenvalue weighted by molar-refractivity contribution is 6.15. The molecule has 6 heteroatoms. The Labute approximate surface area is 142 Å². The first-order valence-corrected chi connectivity index (χ1v) is 7.60. The summed E-state index contributed by atoms with van der Waals surface area (Å²) in [7, 11) is 1.60. The largest absolute Gasteiger partial charge is 0.497 e. The van der Waals surface area contributed by atoms with E-state index in [0.717, 1.165) is 22.2 Å². The highest BCUT2D eigenvalue weighted by Gasteiger charge is 2.28. The lowest BCUT2D eigenvalue weighted by molar-refractivity contribution is 0.0996. The number of nitrogens with one attached hydrogen (secondary N) is 1. The molecule has 0 spiro atoms. The number of allylic oxidation sites excluding steroid dienone is 1. The Hall–Kier alpha value is -3.54. The van der Waals surface area contributed by atoms with Gasteiger partial charge in [-0.1, -0.05) is 0 Å². The maximum absolute atomic E-state index is 12.5. The number of H-pyrrole nitrogens is 1. The molecule has 3 N–H and O–H groups in total. The molecule has 25 heavy (non-hydrogen) atoms. The first-order chi connectivity index (χ1) is 12.1. The van der Waals surface area contributed by atoms with Gasteiger partial charge in [0.2, 0.25) is 11.7 Å². The maximum atomic E-state index is 12.5. The number of nitrogens with two attached hydrogens (primary N) is 1. The first kappa shape index (κ1) is 15.0. The summed E-state index contributed by atoms with van der Waals surface area (Å²) >= 11 is 0. The van der Waals surface area contributed by atoms with Gasteiger partial charge in [0.05, 0.1) is 12.7 Å². The van der Waals surface area contributed by atoms with Crippen LogP contribution in [0.3, 0.4) is 0 Å². The topological polar surface area (TPSA) is 94.4 Å². The van der Waals surface area contributed by atoms with E-state index in [2.05, 4.69) is 4.98 Å². The third kappa shape index (κ3) is 2.44. The number of carbonyl (C=O) groups is 2. The quantitative estimate of drug-likeness (QED) is 0.720. The van der Waals surface area contributed by atoms with E-state index in [1.54, 1.807) is 25.4 Å². The van der Waals surface area contributed by atoms with Crippen LogP contribution in [0.1, 0.15) is 26.3 Å². The van der Waals surface area contributed by atoms with Crippen LogP contribution >= 0.6 is 0 Å². The molecule has 0 saturated carbocycles. The molecule has 2 aromatic carbocycles. The average Bonchev–Trinajstić information content (AvgIpc) is 3.16. The molecule has 1 aliphatic heterocycles. The number of benzene rings is 2. The number of aromatic nitrogens is 1. The van der Waals surface area contributed by atoms with Crippen LogP contribution in [-0.2, 0) is 0 Å². The minimum atomic E-state index is -0.569. The fourth-order valence-electron chi connectivity index (χ4n) is 2.85. The Morgan fingerprint density at radius 3 is 2.84 bits per heavy atom. The van der Waals surface area contributed by atoms with E-state index in [9.17, 15) is 9.59 Å². The van der Waals surface area contributed by atoms with Crippen molar-refractivity contribution in [2.24, 2.45) is 5.73 Å². The molecule has 2 heterocycles. The summed E-state index contributed by atoms with van der Waals surface area (Å²) in [5.74, 6) is 0.452. The molecule has 0 bridgehead atoms. The molecule has 0 radical (unpaired) electrons. The fourth-order valence-corrected chi connectivity index (χ4v) is 2.85. The summed E-state index contributed by atoms with van der Waals surface area (Å²) < 4.78 is 10.9. The van der Waals surface area contributed by atoms with Crippen LogP contribution < -0.4 is 15.2 Å². The van der Waals surface area contributed by atoms with Gasteiger partial charge in [-0.25, -0.2) is 0 Å². The molecule has 124 valence electrons. The van der Waals surface area contributed by atoms with Crippen LogP contribution in [0, 0.1) is 0 Å². The van der Waals surface area contributed by atoms with E-state index in [1.165, 1.54) is 12.1 Å². The number of methoxy groups -OCH3 is 1. The van der Waals surface area contributed by atoms with Gasteiger partial charge < -0.3 is 20.2 Å². The molecule has 0 atom stereocenters. The molecule has 1 aliphatic rings. The van der Waals surface area contributed by atoms with Crippen molar-refractivity contribution in [2.75, 3.05) is 7.11 Å².